The van der Waals surface area contributed by atoms with E-state index in [0.29, 0.717) is 27.8 Å². The van der Waals surface area contributed by atoms with E-state index in [2.05, 4.69) is 10.2 Å². The SMILES string of the molecule is COc1cc(-c2nnc(COC(=O)/C=C/c3sc4ccccc4c3Cl)o2)cc(OC)c1OC. The predicted molar refractivity (Wildman–Crippen MR) is 125 cm³/mol. The average molecular weight is 487 g/mol. The Morgan fingerprint density at radius 1 is 1.09 bits per heavy atom. The Labute approximate surface area is 198 Å². The summed E-state index contributed by atoms with van der Waals surface area (Å²) in [5, 5.41) is 9.49. The van der Waals surface area contributed by atoms with Crippen LogP contribution in [-0.4, -0.2) is 37.5 Å². The summed E-state index contributed by atoms with van der Waals surface area (Å²) >= 11 is 7.88. The molecule has 0 aliphatic heterocycles. The second-order valence-corrected chi connectivity index (χ2v) is 8.09. The lowest BCUT2D eigenvalue weighted by Gasteiger charge is -2.12. The fraction of sp³-hybridized carbons (Fsp3) is 0.174. The molecule has 0 aliphatic rings. The molecule has 0 fully saturated rings. The van der Waals surface area contributed by atoms with Crippen LogP contribution < -0.4 is 14.2 Å². The molecule has 0 spiro atoms. The number of hydrogen-bond acceptors (Lipinski definition) is 9. The van der Waals surface area contributed by atoms with Crippen LogP contribution in [0, 0.1) is 0 Å². The van der Waals surface area contributed by atoms with Gasteiger partial charge in [-0.3, -0.25) is 0 Å². The van der Waals surface area contributed by atoms with Crippen molar-refractivity contribution in [2.45, 2.75) is 6.61 Å². The highest BCUT2D eigenvalue weighted by Crippen LogP contribution is 2.41. The number of rotatable bonds is 8. The lowest BCUT2D eigenvalue weighted by molar-refractivity contribution is -0.139. The molecule has 4 aromatic rings. The van der Waals surface area contributed by atoms with Gasteiger partial charge in [0.2, 0.25) is 11.6 Å². The highest BCUT2D eigenvalue weighted by molar-refractivity contribution is 7.20. The molecule has 0 amide bonds. The topological polar surface area (TPSA) is 92.9 Å². The number of ether oxygens (including phenoxy) is 4. The second kappa shape index (κ2) is 9.93. The molecule has 4 rings (SSSR count). The zero-order chi connectivity index (χ0) is 23.4. The van der Waals surface area contributed by atoms with Crippen molar-refractivity contribution in [1.82, 2.24) is 10.2 Å². The first kappa shape index (κ1) is 22.6. The third-order valence-corrected chi connectivity index (χ3v) is 6.30. The van der Waals surface area contributed by atoms with E-state index in [4.69, 9.17) is 35.0 Å². The predicted octanol–water partition coefficient (Wildman–Crippen LogP) is 5.39. The van der Waals surface area contributed by atoms with Crippen molar-refractivity contribution in [3.8, 4) is 28.7 Å². The van der Waals surface area contributed by atoms with E-state index < -0.39 is 5.97 Å². The molecule has 10 heteroatoms. The van der Waals surface area contributed by atoms with Crippen molar-refractivity contribution < 1.29 is 28.2 Å². The Kier molecular flexibility index (Phi) is 6.81. The fourth-order valence-corrected chi connectivity index (χ4v) is 4.50. The lowest BCUT2D eigenvalue weighted by Crippen LogP contribution is -2.00. The Bertz CT molecular complexity index is 1300. The maximum atomic E-state index is 12.1. The molecular weight excluding hydrogens is 468 g/mol. The smallest absolute Gasteiger partial charge is 0.331 e. The normalized spacial score (nSPS) is 11.2. The highest BCUT2D eigenvalue weighted by atomic mass is 35.5. The Morgan fingerprint density at radius 2 is 1.82 bits per heavy atom. The number of halogens is 1. The minimum atomic E-state index is -0.559. The number of nitrogens with zero attached hydrogens (tertiary/aromatic N) is 2. The van der Waals surface area contributed by atoms with Gasteiger partial charge in [0.15, 0.2) is 18.1 Å². The van der Waals surface area contributed by atoms with Crippen molar-refractivity contribution in [1.29, 1.82) is 0 Å². The first-order valence-electron chi connectivity index (χ1n) is 9.68. The highest BCUT2D eigenvalue weighted by Gasteiger charge is 2.18. The standard InChI is InChI=1S/C23H19ClN2O6S/c1-28-15-10-13(11-16(29-2)22(15)30-3)23-26-25-19(32-23)12-31-20(27)9-8-18-21(24)14-6-4-5-7-17(14)33-18/h4-11H,12H2,1-3H3/b9-8+. The van der Waals surface area contributed by atoms with Crippen LogP contribution in [0.4, 0.5) is 0 Å². The Morgan fingerprint density at radius 3 is 2.48 bits per heavy atom. The molecule has 8 nitrogen and oxygen atoms in total. The van der Waals surface area contributed by atoms with Crippen LogP contribution >= 0.6 is 22.9 Å². The molecule has 0 radical (unpaired) electrons. The van der Waals surface area contributed by atoms with Crippen molar-refractivity contribution >= 4 is 45.1 Å². The number of carbonyl (C=O) groups excluding carboxylic acids is 1. The van der Waals surface area contributed by atoms with E-state index in [1.807, 2.05) is 24.3 Å². The van der Waals surface area contributed by atoms with Crippen LogP contribution in [0.2, 0.25) is 5.02 Å². The minimum absolute atomic E-state index is 0.139. The van der Waals surface area contributed by atoms with Gasteiger partial charge in [-0.15, -0.1) is 21.5 Å². The molecule has 2 aromatic heterocycles. The summed E-state index contributed by atoms with van der Waals surface area (Å²) in [4.78, 5) is 12.9. The molecule has 0 atom stereocenters. The zero-order valence-corrected chi connectivity index (χ0v) is 19.5. The summed E-state index contributed by atoms with van der Waals surface area (Å²) in [6, 6.07) is 11.1. The van der Waals surface area contributed by atoms with E-state index in [0.717, 1.165) is 15.0 Å². The molecule has 2 heterocycles. The summed E-state index contributed by atoms with van der Waals surface area (Å²) in [6.45, 7) is -0.180. The van der Waals surface area contributed by atoms with Crippen LogP contribution in [0.3, 0.4) is 0 Å². The molecule has 33 heavy (non-hydrogen) atoms. The summed E-state index contributed by atoms with van der Waals surface area (Å²) in [5.74, 6) is 1.14. The number of aromatic nitrogens is 2. The van der Waals surface area contributed by atoms with E-state index in [1.54, 1.807) is 18.2 Å². The molecule has 2 aromatic carbocycles. The van der Waals surface area contributed by atoms with Crippen LogP contribution in [0.15, 0.2) is 46.9 Å². The van der Waals surface area contributed by atoms with Crippen molar-refractivity contribution in [2.24, 2.45) is 0 Å². The number of thiophene rings is 1. The van der Waals surface area contributed by atoms with Crippen LogP contribution in [0.25, 0.3) is 27.6 Å². The van der Waals surface area contributed by atoms with Gasteiger partial charge in [0.1, 0.15) is 0 Å². The van der Waals surface area contributed by atoms with E-state index in [-0.39, 0.29) is 18.4 Å². The minimum Gasteiger partial charge on any atom is -0.493 e. The molecule has 0 bridgehead atoms. The lowest BCUT2D eigenvalue weighted by atomic mass is 10.2. The van der Waals surface area contributed by atoms with E-state index in [1.165, 1.54) is 38.7 Å². The molecule has 0 unspecified atom stereocenters. The summed E-state index contributed by atoms with van der Waals surface area (Å²) in [6.07, 6.45) is 2.94. The summed E-state index contributed by atoms with van der Waals surface area (Å²) in [5.41, 5.74) is 0.564. The second-order valence-electron chi connectivity index (χ2n) is 6.63. The number of carbonyl (C=O) groups is 1. The number of benzene rings is 2. The van der Waals surface area contributed by atoms with Gasteiger partial charge >= 0.3 is 5.97 Å². The third-order valence-electron chi connectivity index (χ3n) is 4.65. The van der Waals surface area contributed by atoms with Gasteiger partial charge in [-0.25, -0.2) is 4.79 Å². The average Bonchev–Trinajstić information content (AvgIpc) is 3.45. The number of hydrogen-bond donors (Lipinski definition) is 0. The molecule has 0 aliphatic carbocycles. The number of esters is 1. The first-order chi connectivity index (χ1) is 16.0. The largest absolute Gasteiger partial charge is 0.493 e. The van der Waals surface area contributed by atoms with Gasteiger partial charge in [-0.1, -0.05) is 29.8 Å². The first-order valence-corrected chi connectivity index (χ1v) is 10.9. The van der Waals surface area contributed by atoms with Crippen LogP contribution in [-0.2, 0) is 16.1 Å². The zero-order valence-electron chi connectivity index (χ0n) is 18.0. The maximum Gasteiger partial charge on any atom is 0.331 e. The van der Waals surface area contributed by atoms with Crippen molar-refractivity contribution in [2.75, 3.05) is 21.3 Å². The summed E-state index contributed by atoms with van der Waals surface area (Å²) < 4.78 is 27.9. The van der Waals surface area contributed by atoms with Crippen molar-refractivity contribution in [3.05, 3.63) is 58.3 Å². The molecular formula is C23H19ClN2O6S. The fourth-order valence-electron chi connectivity index (χ4n) is 3.10. The van der Waals surface area contributed by atoms with Gasteiger partial charge in [0.05, 0.1) is 26.4 Å². The van der Waals surface area contributed by atoms with Gasteiger partial charge in [0.25, 0.3) is 5.89 Å². The van der Waals surface area contributed by atoms with Gasteiger partial charge < -0.3 is 23.4 Å². The van der Waals surface area contributed by atoms with Crippen LogP contribution in [0.1, 0.15) is 10.8 Å². The quantitative estimate of drug-likeness (QED) is 0.242. The Hall–Kier alpha value is -3.56. The van der Waals surface area contributed by atoms with Gasteiger partial charge in [-0.05, 0) is 24.3 Å². The molecule has 170 valence electrons. The number of methoxy groups -OCH3 is 3. The summed E-state index contributed by atoms with van der Waals surface area (Å²) in [7, 11) is 4.54. The van der Waals surface area contributed by atoms with Crippen LogP contribution in [0.5, 0.6) is 17.2 Å². The Balaban J connectivity index is 1.43. The van der Waals surface area contributed by atoms with E-state index >= 15 is 0 Å². The monoisotopic (exact) mass is 486 g/mol. The maximum absolute atomic E-state index is 12.1. The third kappa shape index (κ3) is 4.79. The van der Waals surface area contributed by atoms with Crippen molar-refractivity contribution in [3.63, 3.8) is 0 Å². The van der Waals surface area contributed by atoms with E-state index in [9.17, 15) is 4.79 Å². The van der Waals surface area contributed by atoms with Gasteiger partial charge in [-0.2, -0.15) is 0 Å². The molecule has 0 saturated carbocycles. The molecule has 0 saturated heterocycles. The molecule has 0 N–H and O–H groups in total. The number of fused-ring (bicyclic) bond motifs is 1. The van der Waals surface area contributed by atoms with Gasteiger partial charge in [0, 0.05) is 26.6 Å².